The van der Waals surface area contributed by atoms with Crippen LogP contribution in [0.2, 0.25) is 0 Å². The zero-order valence-electron chi connectivity index (χ0n) is 9.29. The molecule has 0 unspecified atom stereocenters. The molecule has 1 N–H and O–H groups in total. The molecule has 0 atom stereocenters. The highest BCUT2D eigenvalue weighted by Gasteiger charge is 2.05. The maximum atomic E-state index is 4.06. The van der Waals surface area contributed by atoms with E-state index in [0.29, 0.717) is 0 Å². The van der Waals surface area contributed by atoms with E-state index in [9.17, 15) is 0 Å². The van der Waals surface area contributed by atoms with Crippen LogP contribution in [-0.2, 0) is 0 Å². The van der Waals surface area contributed by atoms with Gasteiger partial charge < -0.3 is 9.88 Å². The molecule has 0 saturated heterocycles. The second-order valence-electron chi connectivity index (χ2n) is 3.63. The van der Waals surface area contributed by atoms with Crippen LogP contribution in [0.5, 0.6) is 0 Å². The van der Waals surface area contributed by atoms with Crippen molar-refractivity contribution in [1.29, 1.82) is 0 Å². The normalized spacial score (nSPS) is 10.4. The number of anilines is 1. The number of hydrogen-bond acceptors (Lipinski definition) is 2. The summed E-state index contributed by atoms with van der Waals surface area (Å²) in [6.07, 6.45) is 8.66. The molecule has 80 valence electrons. The van der Waals surface area contributed by atoms with Gasteiger partial charge in [-0.3, -0.25) is 0 Å². The lowest BCUT2D eigenvalue weighted by atomic mass is 10.2. The maximum Gasteiger partial charge on any atom is 0.125 e. The topological polar surface area (TPSA) is 31.9 Å². The van der Waals surface area contributed by atoms with Crippen LogP contribution in [0.3, 0.4) is 0 Å². The van der Waals surface area contributed by atoms with Crippen molar-refractivity contribution in [2.24, 2.45) is 0 Å². The van der Waals surface area contributed by atoms with Gasteiger partial charge in [-0.25, -0.2) is 4.98 Å². The highest BCUT2D eigenvalue weighted by Crippen LogP contribution is 2.10. The van der Waals surface area contributed by atoms with E-state index >= 15 is 0 Å². The molecule has 1 rings (SSSR count). The van der Waals surface area contributed by atoms with Gasteiger partial charge in [0.15, 0.2) is 0 Å². The Hall–Kier alpha value is -0.990. The summed E-state index contributed by atoms with van der Waals surface area (Å²) in [6.45, 7) is 6.73. The average Bonchev–Trinajstić information content (AvgIpc) is 2.71. The van der Waals surface area contributed by atoms with Crippen molar-refractivity contribution in [3.8, 4) is 0 Å². The fourth-order valence-electron chi connectivity index (χ4n) is 1.47. The lowest BCUT2D eigenvalue weighted by Gasteiger charge is -2.22. The molecule has 1 aromatic rings. The van der Waals surface area contributed by atoms with Crippen LogP contribution in [-0.4, -0.2) is 23.1 Å². The molecular weight excluding hydrogens is 174 g/mol. The van der Waals surface area contributed by atoms with E-state index in [-0.39, 0.29) is 0 Å². The standard InChI is InChI=1S/C11H21N3/c1-3-5-7-14(8-6-4-2)11-9-12-10-13-11/h9-10H,3-8H2,1-2H3,(H,12,13). The summed E-state index contributed by atoms with van der Waals surface area (Å²) in [6, 6.07) is 0. The maximum absolute atomic E-state index is 4.06. The second-order valence-corrected chi connectivity index (χ2v) is 3.63. The summed E-state index contributed by atoms with van der Waals surface area (Å²) in [7, 11) is 0. The quantitative estimate of drug-likeness (QED) is 0.725. The molecule has 3 heteroatoms. The van der Waals surface area contributed by atoms with E-state index in [1.165, 1.54) is 25.7 Å². The highest BCUT2D eigenvalue weighted by molar-refractivity contribution is 5.34. The first-order valence-corrected chi connectivity index (χ1v) is 5.61. The number of rotatable bonds is 7. The van der Waals surface area contributed by atoms with Gasteiger partial charge >= 0.3 is 0 Å². The molecule has 1 heterocycles. The molecule has 1 aromatic heterocycles. The van der Waals surface area contributed by atoms with Crippen LogP contribution >= 0.6 is 0 Å². The minimum atomic E-state index is 1.14. The summed E-state index contributed by atoms with van der Waals surface area (Å²) in [5.74, 6) is 1.16. The Morgan fingerprint density at radius 1 is 1.21 bits per heavy atom. The summed E-state index contributed by atoms with van der Waals surface area (Å²) in [5.41, 5.74) is 0. The Morgan fingerprint density at radius 3 is 2.29 bits per heavy atom. The fraction of sp³-hybridized carbons (Fsp3) is 0.727. The number of aromatic nitrogens is 2. The number of imidazole rings is 1. The zero-order valence-corrected chi connectivity index (χ0v) is 9.29. The fourth-order valence-corrected chi connectivity index (χ4v) is 1.47. The van der Waals surface area contributed by atoms with Gasteiger partial charge in [0.05, 0.1) is 12.5 Å². The molecule has 0 spiro atoms. The van der Waals surface area contributed by atoms with E-state index in [4.69, 9.17) is 0 Å². The van der Waals surface area contributed by atoms with Crippen molar-refractivity contribution in [3.63, 3.8) is 0 Å². The minimum absolute atomic E-state index is 1.14. The molecule has 0 aromatic carbocycles. The first-order chi connectivity index (χ1) is 6.88. The molecule has 0 amide bonds. The van der Waals surface area contributed by atoms with Crippen LogP contribution in [0.25, 0.3) is 0 Å². The first-order valence-electron chi connectivity index (χ1n) is 5.61. The Labute approximate surface area is 86.5 Å². The number of aromatic amines is 1. The number of nitrogens with zero attached hydrogens (tertiary/aromatic N) is 2. The summed E-state index contributed by atoms with van der Waals surface area (Å²) in [5, 5.41) is 0. The predicted octanol–water partition coefficient (Wildman–Crippen LogP) is 2.82. The third kappa shape index (κ3) is 3.40. The molecule has 0 bridgehead atoms. The molecule has 0 fully saturated rings. The van der Waals surface area contributed by atoms with E-state index in [0.717, 1.165) is 18.9 Å². The van der Waals surface area contributed by atoms with Gasteiger partial charge in [-0.05, 0) is 12.8 Å². The van der Waals surface area contributed by atoms with Gasteiger partial charge in [-0.2, -0.15) is 0 Å². The number of unbranched alkanes of at least 4 members (excludes halogenated alkanes) is 2. The van der Waals surface area contributed by atoms with Crippen LogP contribution in [0.4, 0.5) is 5.82 Å². The van der Waals surface area contributed by atoms with Gasteiger partial charge in [0, 0.05) is 13.1 Å². The average molecular weight is 195 g/mol. The molecule has 0 aliphatic rings. The number of H-pyrrole nitrogens is 1. The van der Waals surface area contributed by atoms with E-state index in [2.05, 4.69) is 28.7 Å². The minimum Gasteiger partial charge on any atom is -0.357 e. The molecule has 14 heavy (non-hydrogen) atoms. The smallest absolute Gasteiger partial charge is 0.125 e. The molecule has 0 aliphatic heterocycles. The van der Waals surface area contributed by atoms with Crippen LogP contribution < -0.4 is 4.90 Å². The molecular formula is C11H21N3. The molecule has 0 saturated carbocycles. The van der Waals surface area contributed by atoms with Crippen LogP contribution in [0.1, 0.15) is 39.5 Å². The van der Waals surface area contributed by atoms with Crippen molar-refractivity contribution in [2.75, 3.05) is 18.0 Å². The van der Waals surface area contributed by atoms with Crippen LogP contribution in [0, 0.1) is 0 Å². The van der Waals surface area contributed by atoms with Gasteiger partial charge in [0.2, 0.25) is 0 Å². The summed E-state index contributed by atoms with van der Waals surface area (Å²) >= 11 is 0. The Balaban J connectivity index is 2.44. The SMILES string of the molecule is CCCCN(CCCC)c1cnc[nH]1. The largest absolute Gasteiger partial charge is 0.357 e. The zero-order chi connectivity index (χ0) is 10.2. The lowest BCUT2D eigenvalue weighted by molar-refractivity contribution is 0.672. The van der Waals surface area contributed by atoms with Crippen molar-refractivity contribution < 1.29 is 0 Å². The number of hydrogen-bond donors (Lipinski definition) is 1. The van der Waals surface area contributed by atoms with E-state index < -0.39 is 0 Å². The molecule has 3 nitrogen and oxygen atoms in total. The monoisotopic (exact) mass is 195 g/mol. The van der Waals surface area contributed by atoms with E-state index in [1.54, 1.807) is 6.33 Å². The van der Waals surface area contributed by atoms with Crippen LogP contribution in [0.15, 0.2) is 12.5 Å². The second kappa shape index (κ2) is 6.46. The Bertz CT molecular complexity index is 210. The third-order valence-corrected chi connectivity index (χ3v) is 2.39. The van der Waals surface area contributed by atoms with Gasteiger partial charge in [-0.15, -0.1) is 0 Å². The summed E-state index contributed by atoms with van der Waals surface area (Å²) in [4.78, 5) is 9.62. The Kier molecular flexibility index (Phi) is 5.12. The van der Waals surface area contributed by atoms with Crippen molar-refractivity contribution in [2.45, 2.75) is 39.5 Å². The van der Waals surface area contributed by atoms with Crippen molar-refractivity contribution >= 4 is 5.82 Å². The first kappa shape index (κ1) is 11.1. The summed E-state index contributed by atoms with van der Waals surface area (Å²) < 4.78 is 0. The van der Waals surface area contributed by atoms with Gasteiger partial charge in [0.25, 0.3) is 0 Å². The molecule has 0 aliphatic carbocycles. The lowest BCUT2D eigenvalue weighted by Crippen LogP contribution is -2.25. The van der Waals surface area contributed by atoms with Crippen molar-refractivity contribution in [3.05, 3.63) is 12.5 Å². The Morgan fingerprint density at radius 2 is 1.86 bits per heavy atom. The third-order valence-electron chi connectivity index (χ3n) is 2.39. The van der Waals surface area contributed by atoms with E-state index in [1.807, 2.05) is 6.20 Å². The van der Waals surface area contributed by atoms with Gasteiger partial charge in [0.1, 0.15) is 5.82 Å². The predicted molar refractivity (Wildman–Crippen MR) is 60.6 cm³/mol. The number of nitrogens with one attached hydrogen (secondary N) is 1. The van der Waals surface area contributed by atoms with Gasteiger partial charge in [-0.1, -0.05) is 26.7 Å². The van der Waals surface area contributed by atoms with Crippen molar-refractivity contribution in [1.82, 2.24) is 9.97 Å². The molecule has 0 radical (unpaired) electrons. The highest BCUT2D eigenvalue weighted by atomic mass is 15.2.